The Balaban J connectivity index is 1.79. The minimum absolute atomic E-state index is 0.133. The fourth-order valence-corrected chi connectivity index (χ4v) is 3.66. The summed E-state index contributed by atoms with van der Waals surface area (Å²) < 4.78 is 0. The summed E-state index contributed by atoms with van der Waals surface area (Å²) in [5.41, 5.74) is 5.71. The molecule has 4 rings (SSSR count). The molecule has 0 atom stereocenters. The molecule has 0 unspecified atom stereocenters. The van der Waals surface area contributed by atoms with E-state index in [4.69, 9.17) is 0 Å². The summed E-state index contributed by atoms with van der Waals surface area (Å²) in [6.07, 6.45) is 0. The Morgan fingerprint density at radius 1 is 0.867 bits per heavy atom. The first-order valence-electron chi connectivity index (χ1n) is 9.99. The van der Waals surface area contributed by atoms with E-state index < -0.39 is 0 Å². The fourth-order valence-electron chi connectivity index (χ4n) is 3.66. The van der Waals surface area contributed by atoms with Gasteiger partial charge >= 0.3 is 0 Å². The average molecular weight is 396 g/mol. The Hall–Kier alpha value is -3.66. The molecule has 1 N–H and O–H groups in total. The zero-order chi connectivity index (χ0) is 21.3. The molecule has 30 heavy (non-hydrogen) atoms. The number of aromatic nitrogens is 1. The molecule has 1 amide bonds. The van der Waals surface area contributed by atoms with E-state index in [1.165, 1.54) is 0 Å². The van der Waals surface area contributed by atoms with Crippen molar-refractivity contribution in [2.24, 2.45) is 0 Å². The molecule has 150 valence electrons. The number of hydrogen-bond donors (Lipinski definition) is 1. The van der Waals surface area contributed by atoms with E-state index in [9.17, 15) is 9.59 Å². The normalized spacial score (nSPS) is 10.9. The lowest BCUT2D eigenvalue weighted by molar-refractivity contribution is 0.0985. The molecular formula is C26H24N2O2. The van der Waals surface area contributed by atoms with Gasteiger partial charge in [-0.2, -0.15) is 0 Å². The molecule has 0 bridgehead atoms. The highest BCUT2D eigenvalue weighted by Gasteiger charge is 2.20. The third-order valence-electron chi connectivity index (χ3n) is 5.35. The molecule has 0 aliphatic heterocycles. The number of amides is 1. The number of nitrogens with one attached hydrogen (secondary N) is 1. The van der Waals surface area contributed by atoms with Crippen molar-refractivity contribution in [2.45, 2.75) is 27.3 Å². The van der Waals surface area contributed by atoms with Gasteiger partial charge in [0.05, 0.1) is 12.1 Å². The molecule has 4 aromatic rings. The smallest absolute Gasteiger partial charge is 0.258 e. The largest absolute Gasteiger partial charge is 0.321 e. The Bertz CT molecular complexity index is 1290. The van der Waals surface area contributed by atoms with Crippen molar-refractivity contribution < 1.29 is 4.79 Å². The number of fused-ring (bicyclic) bond motifs is 1. The van der Waals surface area contributed by atoms with Crippen LogP contribution in [0.2, 0.25) is 0 Å². The predicted molar refractivity (Wildman–Crippen MR) is 122 cm³/mol. The topological polar surface area (TPSA) is 53.2 Å². The number of anilines is 1. The molecule has 0 saturated heterocycles. The Morgan fingerprint density at radius 2 is 1.60 bits per heavy atom. The highest BCUT2D eigenvalue weighted by atomic mass is 16.2. The molecule has 3 aromatic carbocycles. The molecule has 0 aliphatic carbocycles. The Morgan fingerprint density at radius 3 is 2.33 bits per heavy atom. The number of benzene rings is 3. The summed E-state index contributed by atoms with van der Waals surface area (Å²) in [5, 5.41) is 0.955. The lowest BCUT2D eigenvalue weighted by Gasteiger charge is -2.23. The second kappa shape index (κ2) is 7.99. The number of H-pyrrole nitrogens is 1. The van der Waals surface area contributed by atoms with Crippen LogP contribution >= 0.6 is 0 Å². The molecule has 0 fully saturated rings. The first-order chi connectivity index (χ1) is 14.4. The van der Waals surface area contributed by atoms with Crippen LogP contribution in [0.3, 0.4) is 0 Å². The van der Waals surface area contributed by atoms with Crippen molar-refractivity contribution in [1.29, 1.82) is 0 Å². The Labute approximate surface area is 175 Å². The van der Waals surface area contributed by atoms with Crippen molar-refractivity contribution >= 4 is 22.5 Å². The van der Waals surface area contributed by atoms with Gasteiger partial charge in [0.2, 0.25) is 0 Å². The van der Waals surface area contributed by atoms with Gasteiger partial charge in [0.1, 0.15) is 0 Å². The molecule has 0 aliphatic rings. The number of rotatable bonds is 4. The summed E-state index contributed by atoms with van der Waals surface area (Å²) in [4.78, 5) is 30.9. The second-order valence-corrected chi connectivity index (χ2v) is 7.76. The molecule has 1 heterocycles. The van der Waals surface area contributed by atoms with Gasteiger partial charge in [-0.1, -0.05) is 53.6 Å². The van der Waals surface area contributed by atoms with E-state index in [2.05, 4.69) is 4.98 Å². The lowest BCUT2D eigenvalue weighted by atomic mass is 10.1. The monoisotopic (exact) mass is 396 g/mol. The van der Waals surface area contributed by atoms with Crippen LogP contribution in [0.15, 0.2) is 77.6 Å². The van der Waals surface area contributed by atoms with Crippen LogP contribution in [0, 0.1) is 20.8 Å². The number of nitrogens with zero attached hydrogens (tertiary/aromatic N) is 1. The highest BCUT2D eigenvalue weighted by molar-refractivity contribution is 6.06. The zero-order valence-electron chi connectivity index (χ0n) is 17.4. The van der Waals surface area contributed by atoms with Gasteiger partial charge in [0, 0.05) is 16.8 Å². The lowest BCUT2D eigenvalue weighted by Crippen LogP contribution is -2.33. The van der Waals surface area contributed by atoms with Crippen LogP contribution in [-0.4, -0.2) is 10.9 Å². The van der Waals surface area contributed by atoms with E-state index in [-0.39, 0.29) is 18.0 Å². The van der Waals surface area contributed by atoms with Gasteiger partial charge in [0.15, 0.2) is 0 Å². The summed E-state index contributed by atoms with van der Waals surface area (Å²) >= 11 is 0. The minimum atomic E-state index is -0.175. The molecular weight excluding hydrogens is 372 g/mol. The summed E-state index contributed by atoms with van der Waals surface area (Å²) in [6.45, 7) is 6.13. The summed E-state index contributed by atoms with van der Waals surface area (Å²) in [7, 11) is 0. The Kier molecular flexibility index (Phi) is 5.23. The van der Waals surface area contributed by atoms with Crippen LogP contribution in [0.25, 0.3) is 10.9 Å². The second-order valence-electron chi connectivity index (χ2n) is 7.76. The number of aromatic amines is 1. The van der Waals surface area contributed by atoms with Crippen LogP contribution in [0.1, 0.15) is 32.6 Å². The molecule has 4 heteroatoms. The van der Waals surface area contributed by atoms with Gasteiger partial charge in [0.25, 0.3) is 11.5 Å². The maximum absolute atomic E-state index is 13.4. The number of hydrogen-bond acceptors (Lipinski definition) is 2. The maximum atomic E-state index is 13.4. The number of pyridine rings is 1. The highest BCUT2D eigenvalue weighted by Crippen LogP contribution is 2.22. The van der Waals surface area contributed by atoms with Gasteiger partial charge in [-0.05, 0) is 62.1 Å². The number of para-hydroxylation sites is 1. The van der Waals surface area contributed by atoms with Crippen molar-refractivity contribution in [2.75, 3.05) is 4.90 Å². The summed E-state index contributed by atoms with van der Waals surface area (Å²) in [5.74, 6) is -0.133. The maximum Gasteiger partial charge on any atom is 0.258 e. The molecule has 0 radical (unpaired) electrons. The molecule has 0 spiro atoms. The standard InChI is InChI=1S/C26H24N2O2/c1-17-10-12-23(13-11-17)28(26(30)21-9-4-6-18(2)14-21)16-22-15-20-8-5-7-19(3)24(20)27-25(22)29/h4-15H,16H2,1-3H3,(H,27,29). The quantitative estimate of drug-likeness (QED) is 0.509. The van der Waals surface area contributed by atoms with E-state index in [1.807, 2.05) is 93.6 Å². The van der Waals surface area contributed by atoms with Gasteiger partial charge in [-0.15, -0.1) is 0 Å². The first-order valence-corrected chi connectivity index (χ1v) is 9.99. The van der Waals surface area contributed by atoms with E-state index >= 15 is 0 Å². The SMILES string of the molecule is Cc1ccc(N(Cc2cc3cccc(C)c3[nH]c2=O)C(=O)c2cccc(C)c2)cc1. The number of carbonyl (C=O) groups excluding carboxylic acids is 1. The van der Waals surface area contributed by atoms with E-state index in [1.54, 1.807) is 4.90 Å². The van der Waals surface area contributed by atoms with Gasteiger partial charge in [-0.25, -0.2) is 0 Å². The van der Waals surface area contributed by atoms with Crippen molar-refractivity contribution in [3.05, 3.63) is 111 Å². The average Bonchev–Trinajstić information content (AvgIpc) is 2.73. The third-order valence-corrected chi connectivity index (χ3v) is 5.35. The molecule has 4 nitrogen and oxygen atoms in total. The van der Waals surface area contributed by atoms with Crippen LogP contribution in [0.5, 0.6) is 0 Å². The predicted octanol–water partition coefficient (Wildman–Crippen LogP) is 5.30. The zero-order valence-corrected chi connectivity index (χ0v) is 17.4. The fraction of sp³-hybridized carbons (Fsp3) is 0.154. The summed E-state index contributed by atoms with van der Waals surface area (Å²) in [6, 6.07) is 23.1. The van der Waals surface area contributed by atoms with E-state index in [0.717, 1.165) is 33.3 Å². The van der Waals surface area contributed by atoms with Crippen molar-refractivity contribution in [3.8, 4) is 0 Å². The third kappa shape index (κ3) is 3.90. The first kappa shape index (κ1) is 19.6. The molecule has 0 saturated carbocycles. The van der Waals surface area contributed by atoms with Gasteiger partial charge in [-0.3, -0.25) is 9.59 Å². The van der Waals surface area contributed by atoms with E-state index in [0.29, 0.717) is 11.1 Å². The number of aryl methyl sites for hydroxylation is 3. The van der Waals surface area contributed by atoms with Crippen LogP contribution in [-0.2, 0) is 6.54 Å². The van der Waals surface area contributed by atoms with Crippen molar-refractivity contribution in [3.63, 3.8) is 0 Å². The minimum Gasteiger partial charge on any atom is -0.321 e. The van der Waals surface area contributed by atoms with Crippen LogP contribution in [0.4, 0.5) is 5.69 Å². The van der Waals surface area contributed by atoms with Crippen LogP contribution < -0.4 is 10.5 Å². The number of carbonyl (C=O) groups is 1. The molecule has 1 aromatic heterocycles. The van der Waals surface area contributed by atoms with Crippen molar-refractivity contribution in [1.82, 2.24) is 4.98 Å². The van der Waals surface area contributed by atoms with Gasteiger partial charge < -0.3 is 9.88 Å².